The molecule has 1 N–H and O–H groups in total. The Bertz CT molecular complexity index is 373. The second-order valence-corrected chi connectivity index (χ2v) is 7.71. The van der Waals surface area contributed by atoms with Crippen molar-refractivity contribution >= 4 is 0 Å². The minimum Gasteiger partial charge on any atom is -0.299 e. The lowest BCUT2D eigenvalue weighted by atomic mass is 9.98. The number of hydrogen-bond acceptors (Lipinski definition) is 4. The van der Waals surface area contributed by atoms with Gasteiger partial charge in [-0.25, -0.2) is 0 Å². The van der Waals surface area contributed by atoms with E-state index in [9.17, 15) is 5.26 Å². The van der Waals surface area contributed by atoms with Gasteiger partial charge in [-0.2, -0.15) is 5.26 Å². The lowest BCUT2D eigenvalue weighted by Gasteiger charge is -2.44. The molecule has 120 valence electrons. The van der Waals surface area contributed by atoms with Gasteiger partial charge in [-0.1, -0.05) is 6.92 Å². The van der Waals surface area contributed by atoms with Crippen LogP contribution in [0.3, 0.4) is 0 Å². The van der Waals surface area contributed by atoms with Crippen molar-refractivity contribution in [2.45, 2.75) is 70.5 Å². The predicted molar refractivity (Wildman–Crippen MR) is 87.2 cm³/mol. The van der Waals surface area contributed by atoms with Crippen LogP contribution in [0.5, 0.6) is 0 Å². The highest BCUT2D eigenvalue weighted by atomic mass is 15.3. The molecule has 1 aliphatic heterocycles. The van der Waals surface area contributed by atoms with E-state index in [4.69, 9.17) is 0 Å². The zero-order valence-corrected chi connectivity index (χ0v) is 14.3. The first-order chi connectivity index (χ1) is 9.90. The van der Waals surface area contributed by atoms with Gasteiger partial charge in [-0.05, 0) is 53.0 Å². The second-order valence-electron chi connectivity index (χ2n) is 7.71. The Kier molecular flexibility index (Phi) is 5.29. The van der Waals surface area contributed by atoms with Crippen LogP contribution in [0.1, 0.15) is 53.4 Å². The van der Waals surface area contributed by atoms with Crippen LogP contribution in [-0.2, 0) is 0 Å². The first-order valence-electron chi connectivity index (χ1n) is 8.55. The highest BCUT2D eigenvalue weighted by Gasteiger charge is 2.42. The van der Waals surface area contributed by atoms with Crippen molar-refractivity contribution in [1.29, 1.82) is 5.26 Å². The monoisotopic (exact) mass is 292 g/mol. The van der Waals surface area contributed by atoms with Gasteiger partial charge in [0.25, 0.3) is 0 Å². The largest absolute Gasteiger partial charge is 0.299 e. The number of hydrogen-bond donors (Lipinski definition) is 1. The van der Waals surface area contributed by atoms with Crippen molar-refractivity contribution in [3.05, 3.63) is 0 Å². The van der Waals surface area contributed by atoms with Gasteiger partial charge in [0.2, 0.25) is 0 Å². The van der Waals surface area contributed by atoms with Crippen LogP contribution >= 0.6 is 0 Å². The van der Waals surface area contributed by atoms with Crippen LogP contribution in [-0.4, -0.2) is 59.6 Å². The highest BCUT2D eigenvalue weighted by Crippen LogP contribution is 2.33. The Balaban J connectivity index is 1.87. The van der Waals surface area contributed by atoms with Gasteiger partial charge in [-0.15, -0.1) is 0 Å². The van der Waals surface area contributed by atoms with E-state index in [1.165, 1.54) is 6.42 Å². The van der Waals surface area contributed by atoms with Crippen molar-refractivity contribution in [1.82, 2.24) is 15.1 Å². The number of piperazine rings is 1. The molecule has 21 heavy (non-hydrogen) atoms. The van der Waals surface area contributed by atoms with E-state index in [0.717, 1.165) is 52.0 Å². The van der Waals surface area contributed by atoms with E-state index in [1.807, 2.05) is 0 Å². The average Bonchev–Trinajstić information content (AvgIpc) is 2.89. The van der Waals surface area contributed by atoms with Gasteiger partial charge in [0.15, 0.2) is 0 Å². The summed E-state index contributed by atoms with van der Waals surface area (Å²) < 4.78 is 0. The zero-order valence-electron chi connectivity index (χ0n) is 14.3. The van der Waals surface area contributed by atoms with Crippen LogP contribution in [0, 0.1) is 11.3 Å². The molecule has 1 saturated heterocycles. The van der Waals surface area contributed by atoms with Crippen molar-refractivity contribution < 1.29 is 0 Å². The first kappa shape index (κ1) is 16.7. The summed E-state index contributed by atoms with van der Waals surface area (Å²) in [5.74, 6) is 0. The maximum atomic E-state index is 9.57. The SMILES string of the molecule is CCCNC1(C#N)CCC(N2CCN(C(C)(C)C)CC2)C1. The molecule has 0 aromatic rings. The van der Waals surface area contributed by atoms with Gasteiger partial charge >= 0.3 is 0 Å². The summed E-state index contributed by atoms with van der Waals surface area (Å²) in [4.78, 5) is 5.19. The summed E-state index contributed by atoms with van der Waals surface area (Å²) in [5, 5.41) is 13.1. The molecule has 0 amide bonds. The predicted octanol–water partition coefficient (Wildman–Crippen LogP) is 2.22. The second kappa shape index (κ2) is 6.64. The first-order valence-corrected chi connectivity index (χ1v) is 8.55. The van der Waals surface area contributed by atoms with Crippen LogP contribution in [0.15, 0.2) is 0 Å². The Morgan fingerprint density at radius 3 is 2.43 bits per heavy atom. The lowest BCUT2D eigenvalue weighted by molar-refractivity contribution is 0.0422. The molecule has 0 spiro atoms. The summed E-state index contributed by atoms with van der Waals surface area (Å²) in [6.07, 6.45) is 4.27. The molecule has 0 aromatic heterocycles. The fourth-order valence-corrected chi connectivity index (χ4v) is 3.75. The molecule has 0 bridgehead atoms. The molecular weight excluding hydrogens is 260 g/mol. The molecule has 2 aliphatic rings. The van der Waals surface area contributed by atoms with Crippen LogP contribution in [0.2, 0.25) is 0 Å². The molecule has 1 saturated carbocycles. The molecule has 2 unspecified atom stereocenters. The third-order valence-electron chi connectivity index (χ3n) is 5.20. The third-order valence-corrected chi connectivity index (χ3v) is 5.20. The summed E-state index contributed by atoms with van der Waals surface area (Å²) in [6, 6.07) is 3.16. The Morgan fingerprint density at radius 1 is 1.24 bits per heavy atom. The van der Waals surface area contributed by atoms with Crippen LogP contribution in [0.25, 0.3) is 0 Å². The maximum Gasteiger partial charge on any atom is 0.108 e. The van der Waals surface area contributed by atoms with E-state index in [0.29, 0.717) is 6.04 Å². The average molecular weight is 292 g/mol. The Labute approximate surface area is 130 Å². The van der Waals surface area contributed by atoms with E-state index >= 15 is 0 Å². The van der Waals surface area contributed by atoms with Crippen LogP contribution in [0.4, 0.5) is 0 Å². The molecular formula is C17H32N4. The summed E-state index contributed by atoms with van der Waals surface area (Å²) in [7, 11) is 0. The van der Waals surface area contributed by atoms with E-state index in [-0.39, 0.29) is 11.1 Å². The fraction of sp³-hybridized carbons (Fsp3) is 0.941. The van der Waals surface area contributed by atoms with Crippen molar-refractivity contribution in [2.75, 3.05) is 32.7 Å². The van der Waals surface area contributed by atoms with Gasteiger partial charge in [0.1, 0.15) is 5.54 Å². The molecule has 0 radical (unpaired) electrons. The molecule has 1 aliphatic carbocycles. The smallest absolute Gasteiger partial charge is 0.108 e. The molecule has 2 fully saturated rings. The van der Waals surface area contributed by atoms with Crippen molar-refractivity contribution in [3.8, 4) is 6.07 Å². The molecule has 2 rings (SSSR count). The molecule has 2 atom stereocenters. The van der Waals surface area contributed by atoms with Gasteiger partial charge in [-0.3, -0.25) is 15.1 Å². The normalized spacial score (nSPS) is 32.2. The van der Waals surface area contributed by atoms with E-state index in [2.05, 4.69) is 48.9 Å². The highest BCUT2D eigenvalue weighted by molar-refractivity contribution is 5.13. The van der Waals surface area contributed by atoms with Gasteiger partial charge < -0.3 is 0 Å². The standard InChI is InChI=1S/C17H32N4/c1-5-8-19-17(14-18)7-6-15(13-17)20-9-11-21(12-10-20)16(2,3)4/h15,19H,5-13H2,1-4H3. The number of rotatable bonds is 4. The fourth-order valence-electron chi connectivity index (χ4n) is 3.75. The Morgan fingerprint density at radius 2 is 1.90 bits per heavy atom. The Hall–Kier alpha value is -0.630. The van der Waals surface area contributed by atoms with Crippen LogP contribution < -0.4 is 5.32 Å². The molecule has 4 heteroatoms. The minimum absolute atomic E-state index is 0.262. The topological polar surface area (TPSA) is 42.3 Å². The number of nitrogens with one attached hydrogen (secondary N) is 1. The van der Waals surface area contributed by atoms with Gasteiger partial charge in [0, 0.05) is 37.8 Å². The zero-order chi connectivity index (χ0) is 15.5. The third kappa shape index (κ3) is 3.97. The minimum atomic E-state index is -0.262. The molecule has 4 nitrogen and oxygen atoms in total. The summed E-state index contributed by atoms with van der Waals surface area (Å²) >= 11 is 0. The van der Waals surface area contributed by atoms with Crippen molar-refractivity contribution in [2.24, 2.45) is 0 Å². The quantitative estimate of drug-likeness (QED) is 0.863. The summed E-state index contributed by atoms with van der Waals surface area (Å²) in [5.41, 5.74) is 0.0166. The number of nitrogens with zero attached hydrogens (tertiary/aromatic N) is 3. The van der Waals surface area contributed by atoms with E-state index < -0.39 is 0 Å². The molecule has 0 aromatic carbocycles. The molecule has 1 heterocycles. The number of nitriles is 1. The maximum absolute atomic E-state index is 9.57. The van der Waals surface area contributed by atoms with Gasteiger partial charge in [0.05, 0.1) is 6.07 Å². The summed E-state index contributed by atoms with van der Waals surface area (Å²) in [6.45, 7) is 14.6. The van der Waals surface area contributed by atoms with E-state index in [1.54, 1.807) is 0 Å². The van der Waals surface area contributed by atoms with Crippen molar-refractivity contribution in [3.63, 3.8) is 0 Å². The lowest BCUT2D eigenvalue weighted by Crippen LogP contribution is -2.55.